The standard InChI is InChI=1S/C16H19N3O2/c1-2-16(20)18-8-9-19-14(11-18)10-15(17-19)21-12-13-6-4-3-5-7-13/h3-7,10H,2,8-9,11-12H2,1H3. The summed E-state index contributed by atoms with van der Waals surface area (Å²) >= 11 is 0. The van der Waals surface area contributed by atoms with Crippen molar-refractivity contribution in [3.8, 4) is 5.88 Å². The first-order valence-corrected chi connectivity index (χ1v) is 7.27. The summed E-state index contributed by atoms with van der Waals surface area (Å²) in [6.07, 6.45) is 0.547. The molecule has 1 aliphatic heterocycles. The smallest absolute Gasteiger partial charge is 0.233 e. The van der Waals surface area contributed by atoms with Gasteiger partial charge in [-0.05, 0) is 5.56 Å². The van der Waals surface area contributed by atoms with Crippen LogP contribution in [0.2, 0.25) is 0 Å². The lowest BCUT2D eigenvalue weighted by atomic mass is 10.2. The molecule has 1 amide bonds. The van der Waals surface area contributed by atoms with Crippen LogP contribution in [0.25, 0.3) is 0 Å². The van der Waals surface area contributed by atoms with Crippen LogP contribution in [-0.4, -0.2) is 27.1 Å². The normalized spacial score (nSPS) is 13.9. The number of carbonyl (C=O) groups is 1. The molecule has 0 radical (unpaired) electrons. The zero-order valence-electron chi connectivity index (χ0n) is 12.2. The van der Waals surface area contributed by atoms with Crippen LogP contribution in [0.5, 0.6) is 5.88 Å². The number of aromatic nitrogens is 2. The van der Waals surface area contributed by atoms with Gasteiger partial charge < -0.3 is 9.64 Å². The van der Waals surface area contributed by atoms with Crippen molar-refractivity contribution in [2.45, 2.75) is 33.0 Å². The summed E-state index contributed by atoms with van der Waals surface area (Å²) in [5.74, 6) is 0.814. The molecule has 110 valence electrons. The summed E-state index contributed by atoms with van der Waals surface area (Å²) in [4.78, 5) is 13.6. The molecule has 0 atom stereocenters. The Labute approximate surface area is 124 Å². The molecule has 2 heterocycles. The minimum atomic E-state index is 0.189. The number of carbonyl (C=O) groups excluding carboxylic acids is 1. The van der Waals surface area contributed by atoms with Gasteiger partial charge in [-0.25, -0.2) is 0 Å². The van der Waals surface area contributed by atoms with Crippen molar-refractivity contribution in [2.24, 2.45) is 0 Å². The number of fused-ring (bicyclic) bond motifs is 1. The summed E-state index contributed by atoms with van der Waals surface area (Å²) in [7, 11) is 0. The van der Waals surface area contributed by atoms with Crippen molar-refractivity contribution in [1.82, 2.24) is 14.7 Å². The fourth-order valence-electron chi connectivity index (χ4n) is 2.48. The molecule has 0 saturated heterocycles. The Bertz CT molecular complexity index is 622. The number of hydrogen-bond acceptors (Lipinski definition) is 3. The third-order valence-corrected chi connectivity index (χ3v) is 3.66. The Hall–Kier alpha value is -2.30. The fraction of sp³-hybridized carbons (Fsp3) is 0.375. The Morgan fingerprint density at radius 1 is 1.29 bits per heavy atom. The van der Waals surface area contributed by atoms with E-state index in [4.69, 9.17) is 4.74 Å². The fourth-order valence-corrected chi connectivity index (χ4v) is 2.48. The van der Waals surface area contributed by atoms with E-state index in [1.807, 2.05) is 52.9 Å². The SMILES string of the molecule is CCC(=O)N1CCn2nc(OCc3ccccc3)cc2C1. The minimum absolute atomic E-state index is 0.189. The number of hydrogen-bond donors (Lipinski definition) is 0. The average molecular weight is 285 g/mol. The molecule has 0 bridgehead atoms. The molecular formula is C16H19N3O2. The van der Waals surface area contributed by atoms with E-state index in [-0.39, 0.29) is 5.91 Å². The summed E-state index contributed by atoms with van der Waals surface area (Å²) in [6, 6.07) is 11.9. The van der Waals surface area contributed by atoms with Crippen molar-refractivity contribution in [3.05, 3.63) is 47.7 Å². The molecule has 1 aliphatic rings. The van der Waals surface area contributed by atoms with Gasteiger partial charge in [0.2, 0.25) is 11.8 Å². The Kier molecular flexibility index (Phi) is 3.90. The summed E-state index contributed by atoms with van der Waals surface area (Å²) < 4.78 is 7.66. The van der Waals surface area contributed by atoms with E-state index in [1.165, 1.54) is 0 Å². The topological polar surface area (TPSA) is 47.4 Å². The third-order valence-electron chi connectivity index (χ3n) is 3.66. The van der Waals surface area contributed by atoms with Crippen molar-refractivity contribution in [2.75, 3.05) is 6.54 Å². The monoisotopic (exact) mass is 285 g/mol. The highest BCUT2D eigenvalue weighted by Crippen LogP contribution is 2.19. The lowest BCUT2D eigenvalue weighted by molar-refractivity contribution is -0.132. The van der Waals surface area contributed by atoms with Crippen LogP contribution in [0.15, 0.2) is 36.4 Å². The van der Waals surface area contributed by atoms with E-state index in [0.29, 0.717) is 25.5 Å². The predicted octanol–water partition coefficient (Wildman–Crippen LogP) is 2.21. The van der Waals surface area contributed by atoms with Gasteiger partial charge in [0, 0.05) is 19.0 Å². The molecular weight excluding hydrogens is 266 g/mol. The first kappa shape index (κ1) is 13.7. The molecule has 0 N–H and O–H groups in total. The number of amides is 1. The molecule has 2 aromatic rings. The van der Waals surface area contributed by atoms with Crippen LogP contribution in [0.3, 0.4) is 0 Å². The zero-order valence-corrected chi connectivity index (χ0v) is 12.2. The Morgan fingerprint density at radius 3 is 2.86 bits per heavy atom. The second kappa shape index (κ2) is 5.99. The molecule has 3 rings (SSSR count). The van der Waals surface area contributed by atoms with Crippen LogP contribution < -0.4 is 4.74 Å². The lowest BCUT2D eigenvalue weighted by Gasteiger charge is -2.27. The first-order valence-electron chi connectivity index (χ1n) is 7.27. The lowest BCUT2D eigenvalue weighted by Crippen LogP contribution is -2.37. The van der Waals surface area contributed by atoms with Crippen LogP contribution in [0.1, 0.15) is 24.6 Å². The van der Waals surface area contributed by atoms with Gasteiger partial charge in [0.25, 0.3) is 0 Å². The maximum atomic E-state index is 11.8. The number of ether oxygens (including phenoxy) is 1. The highest BCUT2D eigenvalue weighted by molar-refractivity contribution is 5.75. The molecule has 5 nitrogen and oxygen atoms in total. The van der Waals surface area contributed by atoms with Crippen LogP contribution in [0.4, 0.5) is 0 Å². The van der Waals surface area contributed by atoms with E-state index in [0.717, 1.165) is 24.3 Å². The summed E-state index contributed by atoms with van der Waals surface area (Å²) in [5.41, 5.74) is 2.15. The van der Waals surface area contributed by atoms with E-state index < -0.39 is 0 Å². The molecule has 0 aliphatic carbocycles. The molecule has 1 aromatic carbocycles. The molecule has 5 heteroatoms. The molecule has 0 fully saturated rings. The van der Waals surface area contributed by atoms with Gasteiger partial charge >= 0.3 is 0 Å². The molecule has 0 unspecified atom stereocenters. The van der Waals surface area contributed by atoms with E-state index in [1.54, 1.807) is 0 Å². The second-order valence-corrected chi connectivity index (χ2v) is 5.14. The number of nitrogens with zero attached hydrogens (tertiary/aromatic N) is 3. The van der Waals surface area contributed by atoms with E-state index in [9.17, 15) is 4.79 Å². The zero-order chi connectivity index (χ0) is 14.7. The van der Waals surface area contributed by atoms with Crippen LogP contribution >= 0.6 is 0 Å². The van der Waals surface area contributed by atoms with Gasteiger partial charge in [-0.2, -0.15) is 0 Å². The summed E-state index contributed by atoms with van der Waals surface area (Å²) in [6.45, 7) is 4.47. The maximum absolute atomic E-state index is 11.8. The van der Waals surface area contributed by atoms with Crippen molar-refractivity contribution < 1.29 is 9.53 Å². The van der Waals surface area contributed by atoms with Crippen molar-refractivity contribution in [3.63, 3.8) is 0 Å². The Balaban J connectivity index is 1.65. The van der Waals surface area contributed by atoms with Crippen LogP contribution in [0, 0.1) is 0 Å². The van der Waals surface area contributed by atoms with Crippen molar-refractivity contribution >= 4 is 5.91 Å². The average Bonchev–Trinajstić information content (AvgIpc) is 2.95. The van der Waals surface area contributed by atoms with Crippen LogP contribution in [-0.2, 0) is 24.5 Å². The van der Waals surface area contributed by atoms with Gasteiger partial charge in [0.1, 0.15) is 6.61 Å². The first-order chi connectivity index (χ1) is 10.3. The molecule has 21 heavy (non-hydrogen) atoms. The summed E-state index contributed by atoms with van der Waals surface area (Å²) in [5, 5.41) is 4.44. The predicted molar refractivity (Wildman–Crippen MR) is 78.7 cm³/mol. The van der Waals surface area contributed by atoms with Gasteiger partial charge in [-0.1, -0.05) is 37.3 Å². The molecule has 0 saturated carbocycles. The highest BCUT2D eigenvalue weighted by atomic mass is 16.5. The number of rotatable bonds is 4. The van der Waals surface area contributed by atoms with Gasteiger partial charge in [0.15, 0.2) is 0 Å². The third kappa shape index (κ3) is 3.07. The van der Waals surface area contributed by atoms with Crippen molar-refractivity contribution in [1.29, 1.82) is 0 Å². The number of benzene rings is 1. The van der Waals surface area contributed by atoms with Gasteiger partial charge in [-0.15, -0.1) is 5.10 Å². The quantitative estimate of drug-likeness (QED) is 0.865. The second-order valence-electron chi connectivity index (χ2n) is 5.14. The molecule has 1 aromatic heterocycles. The minimum Gasteiger partial charge on any atom is -0.472 e. The van der Waals surface area contributed by atoms with Gasteiger partial charge in [-0.3, -0.25) is 9.48 Å². The highest BCUT2D eigenvalue weighted by Gasteiger charge is 2.21. The largest absolute Gasteiger partial charge is 0.472 e. The van der Waals surface area contributed by atoms with E-state index >= 15 is 0 Å². The maximum Gasteiger partial charge on any atom is 0.233 e. The molecule has 0 spiro atoms. The van der Waals surface area contributed by atoms with E-state index in [2.05, 4.69) is 5.10 Å². The Morgan fingerprint density at radius 2 is 2.10 bits per heavy atom. The van der Waals surface area contributed by atoms with Gasteiger partial charge in [0.05, 0.1) is 18.8 Å².